The predicted molar refractivity (Wildman–Crippen MR) is 147 cm³/mol. The number of anilines is 1. The highest BCUT2D eigenvalue weighted by Crippen LogP contribution is 2.40. The van der Waals surface area contributed by atoms with Gasteiger partial charge >= 0.3 is 0 Å². The number of thiazole rings is 1. The molecule has 0 spiro atoms. The van der Waals surface area contributed by atoms with Crippen LogP contribution in [0, 0.1) is 0 Å². The number of halogens is 1. The van der Waals surface area contributed by atoms with Gasteiger partial charge in [0.1, 0.15) is 23.1 Å². The van der Waals surface area contributed by atoms with Gasteiger partial charge < -0.3 is 9.47 Å². The molecule has 12 heteroatoms. The van der Waals surface area contributed by atoms with Crippen molar-refractivity contribution in [2.45, 2.75) is 30.3 Å². The molecule has 9 nitrogen and oxygen atoms in total. The number of fused-ring (bicyclic) bond motifs is 1. The first-order chi connectivity index (χ1) is 18.3. The van der Waals surface area contributed by atoms with Gasteiger partial charge in [0, 0.05) is 18.9 Å². The van der Waals surface area contributed by atoms with Crippen LogP contribution in [-0.2, 0) is 21.4 Å². The van der Waals surface area contributed by atoms with Crippen molar-refractivity contribution >= 4 is 54.2 Å². The van der Waals surface area contributed by atoms with E-state index < -0.39 is 16.1 Å². The van der Waals surface area contributed by atoms with Crippen LogP contribution in [0.3, 0.4) is 0 Å². The summed E-state index contributed by atoms with van der Waals surface area (Å²) in [6.45, 7) is 0.432. The van der Waals surface area contributed by atoms with E-state index in [4.69, 9.17) is 26.1 Å². The molecule has 3 heterocycles. The molecule has 1 aliphatic heterocycles. The summed E-state index contributed by atoms with van der Waals surface area (Å²) < 4.78 is 39.8. The lowest BCUT2D eigenvalue weighted by molar-refractivity contribution is -0.121. The predicted octanol–water partition coefficient (Wildman–Crippen LogP) is 4.75. The lowest BCUT2D eigenvalue weighted by atomic mass is 10.2. The Bertz CT molecular complexity index is 1560. The molecule has 1 unspecified atom stereocenters. The number of methoxy groups -OCH3 is 2. The zero-order valence-electron chi connectivity index (χ0n) is 20.7. The van der Waals surface area contributed by atoms with Crippen LogP contribution >= 0.6 is 22.9 Å². The third-order valence-electron chi connectivity index (χ3n) is 6.41. The normalized spacial score (nSPS) is 16.0. The van der Waals surface area contributed by atoms with Crippen LogP contribution in [0.5, 0.6) is 11.5 Å². The van der Waals surface area contributed by atoms with Crippen molar-refractivity contribution < 1.29 is 22.7 Å². The van der Waals surface area contributed by atoms with Crippen molar-refractivity contribution in [1.82, 2.24) is 14.3 Å². The molecule has 1 atom stereocenters. The second kappa shape index (κ2) is 10.9. The van der Waals surface area contributed by atoms with Gasteiger partial charge in [0.05, 0.1) is 35.4 Å². The van der Waals surface area contributed by atoms with Crippen molar-refractivity contribution in [2.24, 2.45) is 0 Å². The van der Waals surface area contributed by atoms with Gasteiger partial charge in [-0.05, 0) is 66.9 Å². The third-order valence-corrected chi connectivity index (χ3v) is 9.87. The zero-order chi connectivity index (χ0) is 26.9. The number of carbonyl (C=O) groups is 1. The van der Waals surface area contributed by atoms with Crippen molar-refractivity contribution in [1.29, 1.82) is 0 Å². The summed E-state index contributed by atoms with van der Waals surface area (Å²) in [5.41, 5.74) is 1.37. The molecule has 2 aromatic heterocycles. The minimum absolute atomic E-state index is 0.107. The van der Waals surface area contributed by atoms with Crippen LogP contribution in [0.2, 0.25) is 5.02 Å². The lowest BCUT2D eigenvalue weighted by Gasteiger charge is -2.28. The Labute approximate surface area is 229 Å². The standard InChI is InChI=1S/C26H25ClN4O5S2/c1-35-18-5-7-19(8-6-18)38(33,34)31-15-3-4-21(31)25(32)30(16-17-11-13-28-14-12-17)26-29-23-22(36-2)10-9-20(27)24(23)37-26/h5-14,21H,3-4,15-16H2,1-2H3. The second-order valence-corrected chi connectivity index (χ2v) is 11.9. The molecule has 1 fully saturated rings. The summed E-state index contributed by atoms with van der Waals surface area (Å²) in [6.07, 6.45) is 4.25. The van der Waals surface area contributed by atoms with Gasteiger partial charge in [-0.15, -0.1) is 0 Å². The van der Waals surface area contributed by atoms with E-state index >= 15 is 0 Å². The van der Waals surface area contributed by atoms with Gasteiger partial charge in [0.25, 0.3) is 0 Å². The lowest BCUT2D eigenvalue weighted by Crippen LogP contribution is -2.47. The highest BCUT2D eigenvalue weighted by atomic mass is 35.5. The molecule has 2 aromatic carbocycles. The summed E-state index contributed by atoms with van der Waals surface area (Å²) in [7, 11) is -0.868. The number of hydrogen-bond donors (Lipinski definition) is 0. The summed E-state index contributed by atoms with van der Waals surface area (Å²) in [5, 5.41) is 0.896. The second-order valence-electron chi connectivity index (χ2n) is 8.65. The molecular weight excluding hydrogens is 548 g/mol. The number of hydrogen-bond acceptors (Lipinski definition) is 8. The first-order valence-corrected chi connectivity index (χ1v) is 14.5. The minimum Gasteiger partial charge on any atom is -0.497 e. The summed E-state index contributed by atoms with van der Waals surface area (Å²) in [5.74, 6) is 0.727. The van der Waals surface area contributed by atoms with E-state index in [1.807, 2.05) is 12.1 Å². The largest absolute Gasteiger partial charge is 0.497 e. The quantitative estimate of drug-likeness (QED) is 0.300. The maximum atomic E-state index is 14.1. The molecule has 4 aromatic rings. The molecule has 0 saturated carbocycles. The fraction of sp³-hybridized carbons (Fsp3) is 0.269. The Kier molecular flexibility index (Phi) is 7.53. The Hall–Kier alpha value is -3.25. The van der Waals surface area contributed by atoms with Gasteiger partial charge in [-0.2, -0.15) is 4.31 Å². The van der Waals surface area contributed by atoms with E-state index in [0.717, 1.165) is 5.56 Å². The number of ether oxygens (including phenoxy) is 2. The first kappa shape index (κ1) is 26.4. The number of pyridine rings is 1. The highest BCUT2D eigenvalue weighted by Gasteiger charge is 2.42. The van der Waals surface area contributed by atoms with Crippen molar-refractivity contribution in [3.05, 3.63) is 71.5 Å². The molecule has 0 radical (unpaired) electrons. The number of benzene rings is 2. The maximum absolute atomic E-state index is 14.1. The smallest absolute Gasteiger partial charge is 0.247 e. The average Bonchev–Trinajstić information content (AvgIpc) is 3.61. The van der Waals surface area contributed by atoms with Gasteiger partial charge in [-0.25, -0.2) is 13.4 Å². The Morgan fingerprint density at radius 2 is 1.84 bits per heavy atom. The minimum atomic E-state index is -3.93. The fourth-order valence-corrected chi connectivity index (χ4v) is 7.38. The molecule has 5 rings (SSSR count). The molecule has 198 valence electrons. The van der Waals surface area contributed by atoms with Gasteiger partial charge in [0.15, 0.2) is 5.13 Å². The van der Waals surface area contributed by atoms with Crippen LogP contribution in [-0.4, -0.2) is 55.4 Å². The van der Waals surface area contributed by atoms with Crippen LogP contribution in [0.15, 0.2) is 65.8 Å². The van der Waals surface area contributed by atoms with Gasteiger partial charge in [-0.1, -0.05) is 22.9 Å². The van der Waals surface area contributed by atoms with E-state index in [1.54, 1.807) is 43.8 Å². The van der Waals surface area contributed by atoms with Crippen LogP contribution in [0.4, 0.5) is 5.13 Å². The Morgan fingerprint density at radius 1 is 1.11 bits per heavy atom. The number of carbonyl (C=O) groups excluding carboxylic acids is 1. The topological polar surface area (TPSA) is 102 Å². The number of sulfonamides is 1. The molecule has 38 heavy (non-hydrogen) atoms. The molecule has 1 amide bonds. The van der Waals surface area contributed by atoms with E-state index in [9.17, 15) is 13.2 Å². The van der Waals surface area contributed by atoms with Crippen molar-refractivity contribution in [3.63, 3.8) is 0 Å². The number of aromatic nitrogens is 2. The molecule has 0 N–H and O–H groups in total. The fourth-order valence-electron chi connectivity index (χ4n) is 4.47. The summed E-state index contributed by atoms with van der Waals surface area (Å²) >= 11 is 7.71. The number of amides is 1. The molecule has 1 aliphatic rings. The van der Waals surface area contributed by atoms with E-state index in [1.165, 1.54) is 39.8 Å². The molecule has 1 saturated heterocycles. The molecular formula is C26H25ClN4O5S2. The van der Waals surface area contributed by atoms with E-state index in [-0.39, 0.29) is 23.9 Å². The molecule has 0 bridgehead atoms. The monoisotopic (exact) mass is 572 g/mol. The third kappa shape index (κ3) is 4.94. The van der Waals surface area contributed by atoms with Gasteiger partial charge in [-0.3, -0.25) is 14.7 Å². The van der Waals surface area contributed by atoms with Crippen LogP contribution < -0.4 is 14.4 Å². The van der Waals surface area contributed by atoms with Crippen molar-refractivity contribution in [3.8, 4) is 11.5 Å². The maximum Gasteiger partial charge on any atom is 0.247 e. The Morgan fingerprint density at radius 3 is 2.53 bits per heavy atom. The van der Waals surface area contributed by atoms with E-state index in [2.05, 4.69) is 4.98 Å². The van der Waals surface area contributed by atoms with Crippen LogP contribution in [0.25, 0.3) is 10.2 Å². The van der Waals surface area contributed by atoms with E-state index in [0.29, 0.717) is 44.7 Å². The molecule has 0 aliphatic carbocycles. The number of rotatable bonds is 8. The number of nitrogens with zero attached hydrogens (tertiary/aromatic N) is 4. The van der Waals surface area contributed by atoms with Gasteiger partial charge in [0.2, 0.25) is 15.9 Å². The highest BCUT2D eigenvalue weighted by molar-refractivity contribution is 7.89. The summed E-state index contributed by atoms with van der Waals surface area (Å²) in [6, 6.07) is 12.3. The summed E-state index contributed by atoms with van der Waals surface area (Å²) in [4.78, 5) is 24.6. The SMILES string of the molecule is COc1ccc(S(=O)(=O)N2CCCC2C(=O)N(Cc2ccncc2)c2nc3c(OC)ccc(Cl)c3s2)cc1. The first-order valence-electron chi connectivity index (χ1n) is 11.8. The zero-order valence-corrected chi connectivity index (χ0v) is 23.1. The average molecular weight is 573 g/mol. The Balaban J connectivity index is 1.54. The van der Waals surface area contributed by atoms with Crippen LogP contribution in [0.1, 0.15) is 18.4 Å². The van der Waals surface area contributed by atoms with Crippen molar-refractivity contribution in [2.75, 3.05) is 25.7 Å².